The van der Waals surface area contributed by atoms with Gasteiger partial charge < -0.3 is 15.3 Å². The third-order valence-corrected chi connectivity index (χ3v) is 4.83. The van der Waals surface area contributed by atoms with E-state index in [1.54, 1.807) is 36.1 Å². The third kappa shape index (κ3) is 3.42. The van der Waals surface area contributed by atoms with E-state index < -0.39 is 11.4 Å². The Bertz CT molecular complexity index is 683. The SMILES string of the molecule is CC1(C(=O)O)CCCN(C(=O)c2cccc(NC(=O)C3CC3)c2)C1. The van der Waals surface area contributed by atoms with Crippen LogP contribution in [0, 0.1) is 11.3 Å². The van der Waals surface area contributed by atoms with Crippen LogP contribution in [-0.4, -0.2) is 40.9 Å². The molecule has 1 heterocycles. The Morgan fingerprint density at radius 1 is 1.29 bits per heavy atom. The fraction of sp³-hybridized carbons (Fsp3) is 0.500. The van der Waals surface area contributed by atoms with Crippen molar-refractivity contribution in [2.75, 3.05) is 18.4 Å². The van der Waals surface area contributed by atoms with E-state index in [1.165, 1.54) is 0 Å². The molecular weight excluding hydrogens is 308 g/mol. The van der Waals surface area contributed by atoms with Crippen LogP contribution in [0.15, 0.2) is 24.3 Å². The number of rotatable bonds is 4. The minimum absolute atomic E-state index is 0.00368. The van der Waals surface area contributed by atoms with Crippen LogP contribution in [0.25, 0.3) is 0 Å². The van der Waals surface area contributed by atoms with Gasteiger partial charge in [0, 0.05) is 30.3 Å². The molecule has 1 aliphatic carbocycles. The minimum atomic E-state index is -0.897. The van der Waals surface area contributed by atoms with Crippen molar-refractivity contribution in [1.82, 2.24) is 4.90 Å². The van der Waals surface area contributed by atoms with E-state index in [0.29, 0.717) is 30.6 Å². The van der Waals surface area contributed by atoms with Crippen molar-refractivity contribution in [1.29, 1.82) is 0 Å². The predicted octanol–water partition coefficient (Wildman–Crippen LogP) is 2.36. The molecule has 2 aliphatic rings. The number of likely N-dealkylation sites (tertiary alicyclic amines) is 1. The standard InChI is InChI=1S/C18H22N2O4/c1-18(17(23)24)8-3-9-20(11-18)16(22)13-4-2-5-14(10-13)19-15(21)12-6-7-12/h2,4-5,10,12H,3,6-9,11H2,1H3,(H,19,21)(H,23,24). The summed E-state index contributed by atoms with van der Waals surface area (Å²) in [6.45, 7) is 2.45. The molecule has 0 radical (unpaired) electrons. The van der Waals surface area contributed by atoms with Crippen molar-refractivity contribution in [3.05, 3.63) is 29.8 Å². The number of carboxylic acid groups (broad SMARTS) is 1. The van der Waals surface area contributed by atoms with Gasteiger partial charge in [0.15, 0.2) is 0 Å². The second-order valence-electron chi connectivity index (χ2n) is 7.04. The number of aliphatic carboxylic acids is 1. The van der Waals surface area contributed by atoms with E-state index in [2.05, 4.69) is 5.32 Å². The molecule has 1 aromatic carbocycles. The van der Waals surface area contributed by atoms with Crippen LogP contribution in [0.3, 0.4) is 0 Å². The van der Waals surface area contributed by atoms with Crippen LogP contribution >= 0.6 is 0 Å². The van der Waals surface area contributed by atoms with Crippen LogP contribution in [0.5, 0.6) is 0 Å². The molecule has 6 heteroatoms. The Balaban J connectivity index is 1.72. The number of carboxylic acids is 1. The van der Waals surface area contributed by atoms with Crippen LogP contribution in [0.2, 0.25) is 0 Å². The second kappa shape index (κ2) is 6.26. The summed E-state index contributed by atoms with van der Waals surface area (Å²) in [4.78, 5) is 37.6. The zero-order chi connectivity index (χ0) is 17.3. The highest BCUT2D eigenvalue weighted by Gasteiger charge is 2.39. The zero-order valence-corrected chi connectivity index (χ0v) is 13.7. The number of nitrogens with zero attached hydrogens (tertiary/aromatic N) is 1. The number of hydrogen-bond acceptors (Lipinski definition) is 3. The minimum Gasteiger partial charge on any atom is -0.481 e. The number of piperidine rings is 1. The molecule has 6 nitrogen and oxygen atoms in total. The quantitative estimate of drug-likeness (QED) is 0.887. The van der Waals surface area contributed by atoms with Gasteiger partial charge in [0.25, 0.3) is 5.91 Å². The van der Waals surface area contributed by atoms with Crippen molar-refractivity contribution >= 4 is 23.5 Å². The molecule has 1 atom stereocenters. The summed E-state index contributed by atoms with van der Waals surface area (Å²) >= 11 is 0. The molecule has 0 bridgehead atoms. The Hall–Kier alpha value is -2.37. The molecule has 1 unspecified atom stereocenters. The molecule has 2 fully saturated rings. The lowest BCUT2D eigenvalue weighted by atomic mass is 9.82. The average Bonchev–Trinajstić information content (AvgIpc) is 3.39. The molecule has 128 valence electrons. The van der Waals surface area contributed by atoms with Gasteiger partial charge in [-0.3, -0.25) is 14.4 Å². The maximum atomic E-state index is 12.7. The first-order valence-electron chi connectivity index (χ1n) is 8.33. The van der Waals surface area contributed by atoms with E-state index in [1.807, 2.05) is 0 Å². The van der Waals surface area contributed by atoms with Gasteiger partial charge >= 0.3 is 5.97 Å². The van der Waals surface area contributed by atoms with Gasteiger partial charge in [-0.2, -0.15) is 0 Å². The number of nitrogens with one attached hydrogen (secondary N) is 1. The molecular formula is C18H22N2O4. The predicted molar refractivity (Wildman–Crippen MR) is 88.7 cm³/mol. The van der Waals surface area contributed by atoms with Crippen LogP contribution in [0.4, 0.5) is 5.69 Å². The zero-order valence-electron chi connectivity index (χ0n) is 13.7. The second-order valence-corrected chi connectivity index (χ2v) is 7.04. The van der Waals surface area contributed by atoms with Gasteiger partial charge in [-0.25, -0.2) is 0 Å². The summed E-state index contributed by atoms with van der Waals surface area (Å²) in [6.07, 6.45) is 3.09. The maximum Gasteiger partial charge on any atom is 0.311 e. The number of anilines is 1. The monoisotopic (exact) mass is 330 g/mol. The number of carbonyl (C=O) groups excluding carboxylic acids is 2. The molecule has 1 saturated carbocycles. The number of carbonyl (C=O) groups is 3. The van der Waals surface area contributed by atoms with Gasteiger partial charge in [0.2, 0.25) is 5.91 Å². The molecule has 24 heavy (non-hydrogen) atoms. The normalized spacial score (nSPS) is 23.6. The van der Waals surface area contributed by atoms with Crippen molar-refractivity contribution < 1.29 is 19.5 Å². The molecule has 1 aromatic rings. The van der Waals surface area contributed by atoms with Crippen molar-refractivity contribution in [3.8, 4) is 0 Å². The van der Waals surface area contributed by atoms with Crippen molar-refractivity contribution in [2.24, 2.45) is 11.3 Å². The fourth-order valence-electron chi connectivity index (χ4n) is 3.09. The lowest BCUT2D eigenvalue weighted by molar-refractivity contribution is -0.150. The summed E-state index contributed by atoms with van der Waals surface area (Å²) in [6, 6.07) is 6.85. The topological polar surface area (TPSA) is 86.7 Å². The van der Waals surface area contributed by atoms with E-state index in [9.17, 15) is 19.5 Å². The van der Waals surface area contributed by atoms with Crippen LogP contribution < -0.4 is 5.32 Å². The molecule has 0 spiro atoms. The Morgan fingerprint density at radius 3 is 2.71 bits per heavy atom. The van der Waals surface area contributed by atoms with Crippen LogP contribution in [0.1, 0.15) is 43.0 Å². The van der Waals surface area contributed by atoms with Gasteiger partial charge in [0.1, 0.15) is 0 Å². The summed E-state index contributed by atoms with van der Waals surface area (Å²) in [5, 5.41) is 12.2. The van der Waals surface area contributed by atoms with Crippen molar-refractivity contribution in [3.63, 3.8) is 0 Å². The largest absolute Gasteiger partial charge is 0.481 e. The molecule has 3 rings (SSSR count). The highest BCUT2D eigenvalue weighted by Crippen LogP contribution is 2.31. The first-order valence-corrected chi connectivity index (χ1v) is 8.33. The van der Waals surface area contributed by atoms with Crippen molar-refractivity contribution in [2.45, 2.75) is 32.6 Å². The average molecular weight is 330 g/mol. The molecule has 2 amide bonds. The summed E-state index contributed by atoms with van der Waals surface area (Å²) in [7, 11) is 0. The van der Waals surface area contributed by atoms with Gasteiger partial charge in [-0.05, 0) is 50.8 Å². The maximum absolute atomic E-state index is 12.7. The highest BCUT2D eigenvalue weighted by molar-refractivity contribution is 5.98. The Morgan fingerprint density at radius 2 is 2.04 bits per heavy atom. The van der Waals surface area contributed by atoms with E-state index in [4.69, 9.17) is 0 Å². The highest BCUT2D eigenvalue weighted by atomic mass is 16.4. The summed E-state index contributed by atoms with van der Waals surface area (Å²) in [5.41, 5.74) is 0.181. The van der Waals surface area contributed by atoms with E-state index in [0.717, 1.165) is 12.8 Å². The van der Waals surface area contributed by atoms with Gasteiger partial charge in [0.05, 0.1) is 5.41 Å². The number of hydrogen-bond donors (Lipinski definition) is 2. The van der Waals surface area contributed by atoms with Gasteiger partial charge in [-0.15, -0.1) is 0 Å². The smallest absolute Gasteiger partial charge is 0.311 e. The summed E-state index contributed by atoms with van der Waals surface area (Å²) in [5.74, 6) is -0.964. The third-order valence-electron chi connectivity index (χ3n) is 4.83. The Labute approximate surface area is 140 Å². The molecule has 2 N–H and O–H groups in total. The van der Waals surface area contributed by atoms with Crippen LogP contribution in [-0.2, 0) is 9.59 Å². The first kappa shape index (κ1) is 16.5. The lowest BCUT2D eigenvalue weighted by Gasteiger charge is -2.37. The lowest BCUT2D eigenvalue weighted by Crippen LogP contribution is -2.48. The molecule has 1 saturated heterocycles. The number of amides is 2. The number of benzene rings is 1. The van der Waals surface area contributed by atoms with E-state index in [-0.39, 0.29) is 24.3 Å². The summed E-state index contributed by atoms with van der Waals surface area (Å²) < 4.78 is 0. The molecule has 0 aromatic heterocycles. The van der Waals surface area contributed by atoms with E-state index >= 15 is 0 Å². The Kier molecular flexibility index (Phi) is 4.30. The fourth-order valence-corrected chi connectivity index (χ4v) is 3.09. The molecule has 1 aliphatic heterocycles. The first-order chi connectivity index (χ1) is 11.4. The van der Waals surface area contributed by atoms with Gasteiger partial charge in [-0.1, -0.05) is 6.07 Å².